The fourth-order valence-corrected chi connectivity index (χ4v) is 5.16. The summed E-state index contributed by atoms with van der Waals surface area (Å²) >= 11 is 0. The highest BCUT2D eigenvalue weighted by Gasteiger charge is 2.14. The number of nitrogens with one attached hydrogen (secondary N) is 1. The van der Waals surface area contributed by atoms with Crippen molar-refractivity contribution in [2.45, 2.75) is 30.2 Å². The summed E-state index contributed by atoms with van der Waals surface area (Å²) in [6, 6.07) is 17.9. The van der Waals surface area contributed by atoms with Crippen LogP contribution >= 0.6 is 23.3 Å². The normalized spacial score (nSPS) is 19.5. The monoisotopic (exact) mass is 387 g/mol. The van der Waals surface area contributed by atoms with Gasteiger partial charge >= 0.3 is 0 Å². The lowest BCUT2D eigenvalue weighted by Gasteiger charge is -2.16. The van der Waals surface area contributed by atoms with E-state index in [0.29, 0.717) is 6.04 Å². The van der Waals surface area contributed by atoms with Gasteiger partial charge in [0.05, 0.1) is 0 Å². The first kappa shape index (κ1) is 19.1. The van der Waals surface area contributed by atoms with E-state index >= 15 is 0 Å². The number of halogens is 1. The highest BCUT2D eigenvalue weighted by molar-refractivity contribution is 8.22. The van der Waals surface area contributed by atoms with Crippen LogP contribution in [0.15, 0.2) is 76.4 Å². The molecule has 0 aliphatic carbocycles. The average molecular weight is 388 g/mol. The third-order valence-corrected chi connectivity index (χ3v) is 6.79. The molecule has 1 atom stereocenters. The summed E-state index contributed by atoms with van der Waals surface area (Å²) < 4.78 is 5.92. The van der Waals surface area contributed by atoms with Crippen LogP contribution in [0, 0.1) is 0 Å². The lowest BCUT2D eigenvalue weighted by Crippen LogP contribution is -2.28. The smallest absolute Gasteiger partial charge is 0.119 e. The minimum Gasteiger partial charge on any atom is -0.492 e. The molecule has 2 heterocycles. The summed E-state index contributed by atoms with van der Waals surface area (Å²) in [5, 5.41) is 8.11. The molecule has 2 aliphatic rings. The van der Waals surface area contributed by atoms with Crippen LogP contribution in [0.4, 0.5) is 0 Å². The number of benzene rings is 2. The number of ether oxygens (including phenoxy) is 1. The molecule has 1 saturated heterocycles. The molecular weight excluding hydrogens is 362 g/mol. The van der Waals surface area contributed by atoms with Crippen LogP contribution in [-0.2, 0) is 6.42 Å². The first-order valence-electron chi connectivity index (χ1n) is 9.05. The molecule has 0 amide bonds. The Labute approximate surface area is 165 Å². The lowest BCUT2D eigenvalue weighted by atomic mass is 10.0. The standard InChI is InChI=1S/C22H25NOS.ClH/c1-2-8-22(25-14-3-4-15-25)19(6-1)16-18-9-11-21(12-10-18)24-17-20-7-5-13-23-20;/h1-4,6,8-12,14-15,20,23,25H,5,7,13,16-17H2;1H/t20-;/m0./s1. The summed E-state index contributed by atoms with van der Waals surface area (Å²) in [6.45, 7) is 1.89. The van der Waals surface area contributed by atoms with E-state index in [1.54, 1.807) is 0 Å². The van der Waals surface area contributed by atoms with Gasteiger partial charge < -0.3 is 10.1 Å². The quantitative estimate of drug-likeness (QED) is 0.662. The minimum absolute atomic E-state index is 0. The number of hydrogen-bond donors (Lipinski definition) is 2. The summed E-state index contributed by atoms with van der Waals surface area (Å²) in [5.41, 5.74) is 2.76. The Balaban J connectivity index is 0.00000196. The van der Waals surface area contributed by atoms with E-state index in [9.17, 15) is 0 Å². The number of rotatable bonds is 6. The van der Waals surface area contributed by atoms with Gasteiger partial charge in [-0.2, -0.15) is 10.9 Å². The van der Waals surface area contributed by atoms with Crippen LogP contribution in [0.2, 0.25) is 0 Å². The van der Waals surface area contributed by atoms with Gasteiger partial charge in [-0.1, -0.05) is 42.5 Å². The molecule has 2 nitrogen and oxygen atoms in total. The molecule has 0 radical (unpaired) electrons. The number of hydrogen-bond acceptors (Lipinski definition) is 2. The maximum absolute atomic E-state index is 5.92. The molecule has 138 valence electrons. The van der Waals surface area contributed by atoms with Gasteiger partial charge in [0.1, 0.15) is 12.4 Å². The zero-order valence-electron chi connectivity index (χ0n) is 14.8. The molecule has 2 aromatic rings. The van der Waals surface area contributed by atoms with Gasteiger partial charge in [-0.15, -0.1) is 12.4 Å². The minimum atomic E-state index is -0.267. The van der Waals surface area contributed by atoms with E-state index in [1.807, 2.05) is 0 Å². The van der Waals surface area contributed by atoms with Crippen molar-refractivity contribution in [2.75, 3.05) is 13.2 Å². The van der Waals surface area contributed by atoms with Gasteiger partial charge in [0, 0.05) is 6.04 Å². The van der Waals surface area contributed by atoms with Gasteiger partial charge in [0.15, 0.2) is 0 Å². The topological polar surface area (TPSA) is 21.3 Å². The van der Waals surface area contributed by atoms with Crippen LogP contribution in [0.5, 0.6) is 5.75 Å². The fraction of sp³-hybridized carbons (Fsp3) is 0.273. The maximum atomic E-state index is 5.92. The van der Waals surface area contributed by atoms with Crippen LogP contribution in [0.25, 0.3) is 0 Å². The molecule has 2 aliphatic heterocycles. The molecule has 4 rings (SSSR count). The first-order valence-corrected chi connectivity index (χ1v) is 10.5. The molecule has 0 bridgehead atoms. The molecule has 2 aromatic carbocycles. The molecule has 26 heavy (non-hydrogen) atoms. The van der Waals surface area contributed by atoms with Gasteiger partial charge in [-0.05, 0) is 70.8 Å². The van der Waals surface area contributed by atoms with E-state index in [2.05, 4.69) is 76.8 Å². The predicted octanol–water partition coefficient (Wildman–Crippen LogP) is 5.23. The Morgan fingerprint density at radius 3 is 2.50 bits per heavy atom. The van der Waals surface area contributed by atoms with Crippen molar-refractivity contribution in [2.24, 2.45) is 0 Å². The predicted molar refractivity (Wildman–Crippen MR) is 115 cm³/mol. The van der Waals surface area contributed by atoms with Crippen molar-refractivity contribution in [3.63, 3.8) is 0 Å². The summed E-state index contributed by atoms with van der Waals surface area (Å²) in [6.07, 6.45) is 7.78. The Morgan fingerprint density at radius 1 is 1.00 bits per heavy atom. The molecule has 1 fully saturated rings. The fourth-order valence-electron chi connectivity index (χ4n) is 3.43. The second-order valence-electron chi connectivity index (χ2n) is 6.64. The molecule has 0 spiro atoms. The molecule has 0 saturated carbocycles. The largest absolute Gasteiger partial charge is 0.492 e. The third-order valence-electron chi connectivity index (χ3n) is 4.81. The lowest BCUT2D eigenvalue weighted by molar-refractivity contribution is 0.277. The second-order valence-corrected chi connectivity index (χ2v) is 8.54. The Hall–Kier alpha value is -1.68. The molecule has 0 aromatic heterocycles. The van der Waals surface area contributed by atoms with E-state index in [1.165, 1.54) is 28.9 Å². The van der Waals surface area contributed by atoms with Gasteiger partial charge in [-0.3, -0.25) is 0 Å². The van der Waals surface area contributed by atoms with E-state index < -0.39 is 0 Å². The highest BCUT2D eigenvalue weighted by atomic mass is 35.5. The van der Waals surface area contributed by atoms with Crippen molar-refractivity contribution >= 4 is 23.3 Å². The second kappa shape index (κ2) is 9.31. The van der Waals surface area contributed by atoms with E-state index in [-0.39, 0.29) is 23.3 Å². The van der Waals surface area contributed by atoms with Crippen molar-refractivity contribution in [1.29, 1.82) is 0 Å². The van der Waals surface area contributed by atoms with Crippen molar-refractivity contribution < 1.29 is 4.74 Å². The zero-order chi connectivity index (χ0) is 16.9. The number of allylic oxidation sites excluding steroid dienone is 2. The van der Waals surface area contributed by atoms with Gasteiger partial charge in [0.25, 0.3) is 0 Å². The van der Waals surface area contributed by atoms with Crippen LogP contribution in [0.1, 0.15) is 24.0 Å². The van der Waals surface area contributed by atoms with Crippen LogP contribution < -0.4 is 10.1 Å². The van der Waals surface area contributed by atoms with Crippen molar-refractivity contribution in [3.05, 3.63) is 82.6 Å². The van der Waals surface area contributed by atoms with E-state index in [4.69, 9.17) is 4.74 Å². The molecule has 4 heteroatoms. The Bertz CT molecular complexity index is 754. The molecule has 1 N–H and O–H groups in total. The first-order chi connectivity index (χ1) is 12.4. The number of thiol groups is 1. The zero-order valence-corrected chi connectivity index (χ0v) is 16.5. The maximum Gasteiger partial charge on any atom is 0.119 e. The van der Waals surface area contributed by atoms with Crippen LogP contribution in [0.3, 0.4) is 0 Å². The Kier molecular flexibility index (Phi) is 6.84. The van der Waals surface area contributed by atoms with Gasteiger partial charge in [-0.25, -0.2) is 0 Å². The van der Waals surface area contributed by atoms with Crippen molar-refractivity contribution in [1.82, 2.24) is 5.32 Å². The van der Waals surface area contributed by atoms with Crippen molar-refractivity contribution in [3.8, 4) is 5.75 Å². The summed E-state index contributed by atoms with van der Waals surface area (Å²) in [7, 11) is -0.267. The summed E-state index contributed by atoms with van der Waals surface area (Å²) in [4.78, 5) is 1.47. The highest BCUT2D eigenvalue weighted by Crippen LogP contribution is 2.44. The molecular formula is C22H26ClNOS. The SMILES string of the molecule is C1=C[SH](c2ccccc2Cc2ccc(OC[C@@H]3CCCN3)cc2)C=C1.Cl. The van der Waals surface area contributed by atoms with E-state index in [0.717, 1.165) is 25.3 Å². The van der Waals surface area contributed by atoms with Gasteiger partial charge in [0.2, 0.25) is 0 Å². The third kappa shape index (κ3) is 4.73. The summed E-state index contributed by atoms with van der Waals surface area (Å²) in [5.74, 6) is 0.969. The average Bonchev–Trinajstić information content (AvgIpc) is 3.36. The molecule has 0 unspecified atom stereocenters. The van der Waals surface area contributed by atoms with Crippen LogP contribution in [-0.4, -0.2) is 19.2 Å². The Morgan fingerprint density at radius 2 is 1.77 bits per heavy atom.